The summed E-state index contributed by atoms with van der Waals surface area (Å²) in [6.07, 6.45) is 7.14. The molecule has 0 spiro atoms. The van der Waals surface area contributed by atoms with Crippen LogP contribution < -0.4 is 10.6 Å². The summed E-state index contributed by atoms with van der Waals surface area (Å²) >= 11 is 0. The molecule has 8 heteroatoms. The molecule has 1 aromatic rings. The molecule has 1 rings (SSSR count). The van der Waals surface area contributed by atoms with Gasteiger partial charge in [0.05, 0.1) is 0 Å². The SMILES string of the molecule is CC(C)(C)OC(=O)NCCSSCCNC(=O)CC=Cc1cccnc1. The third-order valence-corrected chi connectivity index (χ3v) is 5.15. The predicted molar refractivity (Wildman–Crippen MR) is 110 cm³/mol. The van der Waals surface area contributed by atoms with E-state index in [1.165, 1.54) is 0 Å². The number of nitrogens with zero attached hydrogens (tertiary/aromatic N) is 1. The van der Waals surface area contributed by atoms with Crippen LogP contribution in [-0.4, -0.2) is 47.2 Å². The van der Waals surface area contributed by atoms with Crippen LogP contribution in [0.4, 0.5) is 4.79 Å². The van der Waals surface area contributed by atoms with E-state index in [4.69, 9.17) is 4.74 Å². The number of alkyl carbamates (subject to hydrolysis) is 1. The highest BCUT2D eigenvalue weighted by Crippen LogP contribution is 2.19. The summed E-state index contributed by atoms with van der Waals surface area (Å²) in [6, 6.07) is 3.80. The minimum Gasteiger partial charge on any atom is -0.444 e. The molecule has 0 aliphatic heterocycles. The summed E-state index contributed by atoms with van der Waals surface area (Å²) in [4.78, 5) is 27.2. The molecular formula is C18H27N3O3S2. The smallest absolute Gasteiger partial charge is 0.407 e. The van der Waals surface area contributed by atoms with Gasteiger partial charge in [0, 0.05) is 43.4 Å². The fraction of sp³-hybridized carbons (Fsp3) is 0.500. The highest BCUT2D eigenvalue weighted by atomic mass is 33.1. The van der Waals surface area contributed by atoms with Crippen molar-refractivity contribution in [3.05, 3.63) is 36.2 Å². The first-order valence-electron chi connectivity index (χ1n) is 8.41. The van der Waals surface area contributed by atoms with Gasteiger partial charge in [-0.25, -0.2) is 4.79 Å². The quantitative estimate of drug-likeness (QED) is 0.465. The van der Waals surface area contributed by atoms with Crippen molar-refractivity contribution in [2.45, 2.75) is 32.8 Å². The summed E-state index contributed by atoms with van der Waals surface area (Å²) < 4.78 is 5.15. The number of carbonyl (C=O) groups is 2. The van der Waals surface area contributed by atoms with Crippen LogP contribution in [0.3, 0.4) is 0 Å². The van der Waals surface area contributed by atoms with E-state index in [0.29, 0.717) is 19.5 Å². The van der Waals surface area contributed by atoms with Crippen LogP contribution in [-0.2, 0) is 9.53 Å². The van der Waals surface area contributed by atoms with Crippen molar-refractivity contribution in [1.29, 1.82) is 0 Å². The zero-order valence-corrected chi connectivity index (χ0v) is 17.1. The summed E-state index contributed by atoms with van der Waals surface area (Å²) in [6.45, 7) is 6.68. The van der Waals surface area contributed by atoms with E-state index in [0.717, 1.165) is 17.1 Å². The van der Waals surface area contributed by atoms with Crippen LogP contribution >= 0.6 is 21.6 Å². The van der Waals surface area contributed by atoms with E-state index in [-0.39, 0.29) is 5.91 Å². The molecule has 0 aliphatic carbocycles. The van der Waals surface area contributed by atoms with E-state index in [9.17, 15) is 9.59 Å². The maximum Gasteiger partial charge on any atom is 0.407 e. The van der Waals surface area contributed by atoms with Gasteiger partial charge in [-0.05, 0) is 32.4 Å². The first-order valence-corrected chi connectivity index (χ1v) is 10.9. The maximum absolute atomic E-state index is 11.7. The molecule has 1 heterocycles. The van der Waals surface area contributed by atoms with Crippen LogP contribution in [0.1, 0.15) is 32.8 Å². The van der Waals surface area contributed by atoms with Crippen molar-refractivity contribution in [2.75, 3.05) is 24.6 Å². The Morgan fingerprint density at radius 3 is 2.50 bits per heavy atom. The molecule has 0 fully saturated rings. The van der Waals surface area contributed by atoms with Crippen LogP contribution in [0, 0.1) is 0 Å². The molecule has 0 saturated carbocycles. The van der Waals surface area contributed by atoms with Gasteiger partial charge in [-0.2, -0.15) is 0 Å². The van der Waals surface area contributed by atoms with Gasteiger partial charge in [0.1, 0.15) is 5.60 Å². The van der Waals surface area contributed by atoms with Gasteiger partial charge in [0.25, 0.3) is 0 Å². The molecule has 1 aromatic heterocycles. The Labute approximate surface area is 163 Å². The molecule has 0 radical (unpaired) electrons. The summed E-state index contributed by atoms with van der Waals surface area (Å²) in [5, 5.41) is 5.58. The number of hydrogen-bond acceptors (Lipinski definition) is 6. The average Bonchev–Trinajstić information content (AvgIpc) is 2.56. The molecule has 0 aliphatic rings. The first-order chi connectivity index (χ1) is 12.4. The highest BCUT2D eigenvalue weighted by Gasteiger charge is 2.15. The zero-order chi connectivity index (χ0) is 19.3. The number of pyridine rings is 1. The van der Waals surface area contributed by atoms with E-state index < -0.39 is 11.7 Å². The number of ether oxygens (including phenoxy) is 1. The van der Waals surface area contributed by atoms with Gasteiger partial charge in [-0.1, -0.05) is 39.8 Å². The van der Waals surface area contributed by atoms with Gasteiger partial charge in [0.15, 0.2) is 0 Å². The number of aromatic nitrogens is 1. The first kappa shape index (κ1) is 22.4. The predicted octanol–water partition coefficient (Wildman–Crippen LogP) is 3.51. The van der Waals surface area contributed by atoms with Crippen molar-refractivity contribution < 1.29 is 14.3 Å². The average molecular weight is 398 g/mol. The van der Waals surface area contributed by atoms with Crippen LogP contribution in [0.5, 0.6) is 0 Å². The molecule has 0 bridgehead atoms. The number of nitrogens with one attached hydrogen (secondary N) is 2. The second-order valence-electron chi connectivity index (χ2n) is 6.32. The lowest BCUT2D eigenvalue weighted by atomic mass is 10.2. The Kier molecular flexibility index (Phi) is 10.9. The number of carbonyl (C=O) groups excluding carboxylic acids is 2. The Bertz CT molecular complexity index is 575. The second kappa shape index (κ2) is 12.6. The van der Waals surface area contributed by atoms with Gasteiger partial charge in [0.2, 0.25) is 5.91 Å². The monoisotopic (exact) mass is 397 g/mol. The largest absolute Gasteiger partial charge is 0.444 e. The molecule has 2 amide bonds. The Morgan fingerprint density at radius 2 is 1.88 bits per heavy atom. The maximum atomic E-state index is 11.7. The number of rotatable bonds is 10. The van der Waals surface area contributed by atoms with E-state index >= 15 is 0 Å². The zero-order valence-electron chi connectivity index (χ0n) is 15.5. The fourth-order valence-electron chi connectivity index (χ4n) is 1.71. The molecule has 0 aromatic carbocycles. The summed E-state index contributed by atoms with van der Waals surface area (Å²) in [7, 11) is 3.32. The standard InChI is InChI=1S/C18H27N3O3S2/c1-18(2,3)24-17(23)21-11-13-26-25-12-10-20-16(22)8-4-6-15-7-5-9-19-14-15/h4-7,9,14H,8,10-13H2,1-3H3,(H,20,22)(H,21,23). The summed E-state index contributed by atoms with van der Waals surface area (Å²) in [5.41, 5.74) is 0.504. The lowest BCUT2D eigenvalue weighted by molar-refractivity contribution is -0.120. The third-order valence-electron chi connectivity index (χ3n) is 2.74. The molecule has 0 unspecified atom stereocenters. The number of hydrogen-bond donors (Lipinski definition) is 2. The molecule has 26 heavy (non-hydrogen) atoms. The highest BCUT2D eigenvalue weighted by molar-refractivity contribution is 8.76. The minimum absolute atomic E-state index is 0.00216. The van der Waals surface area contributed by atoms with Gasteiger partial charge in [-0.3, -0.25) is 9.78 Å². The molecule has 0 saturated heterocycles. The molecular weight excluding hydrogens is 370 g/mol. The van der Waals surface area contributed by atoms with E-state index in [2.05, 4.69) is 15.6 Å². The Hall–Kier alpha value is -1.67. The van der Waals surface area contributed by atoms with Crippen LogP contribution in [0.2, 0.25) is 0 Å². The minimum atomic E-state index is -0.475. The van der Waals surface area contributed by atoms with E-state index in [1.54, 1.807) is 34.0 Å². The normalized spacial score (nSPS) is 11.3. The molecule has 144 valence electrons. The fourth-order valence-corrected chi connectivity index (χ4v) is 3.52. The van der Waals surface area contributed by atoms with Gasteiger partial charge < -0.3 is 15.4 Å². The Morgan fingerprint density at radius 1 is 1.19 bits per heavy atom. The number of amides is 2. The molecule has 2 N–H and O–H groups in total. The summed E-state index contributed by atoms with van der Waals surface area (Å²) in [5.74, 6) is 1.60. The van der Waals surface area contributed by atoms with Crippen molar-refractivity contribution in [3.63, 3.8) is 0 Å². The topological polar surface area (TPSA) is 80.3 Å². The molecule has 0 atom stereocenters. The van der Waals surface area contributed by atoms with Gasteiger partial charge in [-0.15, -0.1) is 0 Å². The van der Waals surface area contributed by atoms with Crippen molar-refractivity contribution >= 4 is 39.7 Å². The molecule has 6 nitrogen and oxygen atoms in total. The Balaban J connectivity index is 1.96. The van der Waals surface area contributed by atoms with Gasteiger partial charge >= 0.3 is 6.09 Å². The lowest BCUT2D eigenvalue weighted by Gasteiger charge is -2.19. The lowest BCUT2D eigenvalue weighted by Crippen LogP contribution is -2.33. The third kappa shape index (κ3) is 12.7. The van der Waals surface area contributed by atoms with Crippen molar-refractivity contribution in [2.24, 2.45) is 0 Å². The second-order valence-corrected chi connectivity index (χ2v) is 9.02. The van der Waals surface area contributed by atoms with Crippen LogP contribution in [0.15, 0.2) is 30.6 Å². The van der Waals surface area contributed by atoms with Crippen molar-refractivity contribution in [3.8, 4) is 0 Å². The van der Waals surface area contributed by atoms with Crippen molar-refractivity contribution in [1.82, 2.24) is 15.6 Å². The van der Waals surface area contributed by atoms with E-state index in [1.807, 2.05) is 45.1 Å². The van der Waals surface area contributed by atoms with Crippen LogP contribution in [0.25, 0.3) is 6.08 Å².